The van der Waals surface area contributed by atoms with Gasteiger partial charge in [0.05, 0.1) is 12.8 Å². The van der Waals surface area contributed by atoms with Crippen LogP contribution in [-0.4, -0.2) is 13.0 Å². The largest absolute Gasteiger partial charge is 0.495 e. The molecule has 0 fully saturated rings. The van der Waals surface area contributed by atoms with Crippen molar-refractivity contribution in [1.82, 2.24) is 0 Å². The Hall–Kier alpha value is -2.33. The van der Waals surface area contributed by atoms with Gasteiger partial charge in [-0.05, 0) is 35.7 Å². The first-order valence-electron chi connectivity index (χ1n) is 6.95. The number of benzene rings is 2. The molecule has 0 radical (unpaired) electrons. The Morgan fingerprint density at radius 1 is 1.24 bits per heavy atom. The molecule has 2 aromatic rings. The fourth-order valence-electron chi connectivity index (χ4n) is 2.21. The van der Waals surface area contributed by atoms with Crippen LogP contribution in [-0.2, 0) is 13.0 Å². The number of nitrogens with one attached hydrogen (secondary N) is 1. The Labute approximate surface area is 124 Å². The van der Waals surface area contributed by atoms with Gasteiger partial charge in [-0.15, -0.1) is 0 Å². The molecule has 0 aliphatic carbocycles. The number of anilines is 1. The Morgan fingerprint density at radius 2 is 2.00 bits per heavy atom. The van der Waals surface area contributed by atoms with Crippen LogP contribution in [0.5, 0.6) is 5.75 Å². The van der Waals surface area contributed by atoms with E-state index in [1.54, 1.807) is 7.11 Å². The van der Waals surface area contributed by atoms with Gasteiger partial charge in [-0.3, -0.25) is 4.79 Å². The Kier molecular flexibility index (Phi) is 4.95. The van der Waals surface area contributed by atoms with Crippen molar-refractivity contribution in [3.05, 3.63) is 59.2 Å². The highest BCUT2D eigenvalue weighted by Gasteiger charge is 2.12. The van der Waals surface area contributed by atoms with E-state index in [1.807, 2.05) is 49.4 Å². The van der Waals surface area contributed by atoms with Crippen LogP contribution in [0.15, 0.2) is 42.5 Å². The molecule has 0 aliphatic rings. The summed E-state index contributed by atoms with van der Waals surface area (Å²) in [4.78, 5) is 12.4. The van der Waals surface area contributed by atoms with Gasteiger partial charge in [0.25, 0.3) is 5.91 Å². The van der Waals surface area contributed by atoms with Crippen molar-refractivity contribution in [2.45, 2.75) is 19.9 Å². The molecule has 0 bridgehead atoms. The maximum Gasteiger partial charge on any atom is 0.256 e. The second-order valence-corrected chi connectivity index (χ2v) is 4.70. The molecule has 4 heteroatoms. The number of carbonyl (C=O) groups excluding carboxylic acids is 1. The lowest BCUT2D eigenvalue weighted by Gasteiger charge is -2.13. The molecule has 0 aromatic heterocycles. The van der Waals surface area contributed by atoms with Crippen molar-refractivity contribution in [1.29, 1.82) is 0 Å². The van der Waals surface area contributed by atoms with E-state index in [0.29, 0.717) is 23.5 Å². The molecule has 0 aliphatic heterocycles. The molecule has 1 amide bonds. The number of nitrogens with two attached hydrogens (primary N) is 1. The van der Waals surface area contributed by atoms with Gasteiger partial charge in [-0.1, -0.05) is 31.2 Å². The van der Waals surface area contributed by atoms with Crippen molar-refractivity contribution in [3.63, 3.8) is 0 Å². The van der Waals surface area contributed by atoms with E-state index in [1.165, 1.54) is 0 Å². The van der Waals surface area contributed by atoms with Gasteiger partial charge in [-0.2, -0.15) is 0 Å². The normalized spacial score (nSPS) is 10.2. The molecule has 0 heterocycles. The minimum atomic E-state index is -0.133. The molecule has 0 saturated heterocycles. The number of carbonyl (C=O) groups is 1. The fraction of sp³-hybridized carbons (Fsp3) is 0.235. The molecule has 3 N–H and O–H groups in total. The third-order valence-electron chi connectivity index (χ3n) is 3.39. The van der Waals surface area contributed by atoms with Crippen LogP contribution in [0, 0.1) is 0 Å². The Bertz CT molecular complexity index is 638. The summed E-state index contributed by atoms with van der Waals surface area (Å²) in [5.41, 5.74) is 8.92. The molecule has 0 atom stereocenters. The van der Waals surface area contributed by atoms with Crippen molar-refractivity contribution in [2.75, 3.05) is 12.4 Å². The zero-order chi connectivity index (χ0) is 15.2. The SMILES string of the molecule is CCc1ccccc1C(=O)Nc1ccc(CN)cc1OC. The number of ether oxygens (including phenoxy) is 1. The van der Waals surface area contributed by atoms with E-state index in [-0.39, 0.29) is 5.91 Å². The summed E-state index contributed by atoms with van der Waals surface area (Å²) in [5.74, 6) is 0.478. The van der Waals surface area contributed by atoms with Gasteiger partial charge >= 0.3 is 0 Å². The first-order chi connectivity index (χ1) is 10.2. The van der Waals surface area contributed by atoms with Gasteiger partial charge in [0, 0.05) is 12.1 Å². The molecule has 2 rings (SSSR count). The van der Waals surface area contributed by atoms with Crippen LogP contribution >= 0.6 is 0 Å². The van der Waals surface area contributed by atoms with Gasteiger partial charge in [0.2, 0.25) is 0 Å². The van der Waals surface area contributed by atoms with E-state index in [0.717, 1.165) is 17.5 Å². The van der Waals surface area contributed by atoms with Gasteiger partial charge in [0.15, 0.2) is 0 Å². The predicted octanol–water partition coefficient (Wildman–Crippen LogP) is 2.97. The number of methoxy groups -OCH3 is 1. The van der Waals surface area contributed by atoms with Crippen LogP contribution in [0.3, 0.4) is 0 Å². The second-order valence-electron chi connectivity index (χ2n) is 4.70. The highest BCUT2D eigenvalue weighted by Crippen LogP contribution is 2.26. The maximum atomic E-state index is 12.4. The Morgan fingerprint density at radius 3 is 2.67 bits per heavy atom. The van der Waals surface area contributed by atoms with E-state index in [2.05, 4.69) is 5.32 Å². The quantitative estimate of drug-likeness (QED) is 0.887. The van der Waals surface area contributed by atoms with E-state index in [4.69, 9.17) is 10.5 Å². The zero-order valence-corrected chi connectivity index (χ0v) is 12.3. The molecular formula is C17H20N2O2. The van der Waals surface area contributed by atoms with Crippen molar-refractivity contribution < 1.29 is 9.53 Å². The molecule has 0 unspecified atom stereocenters. The first-order valence-corrected chi connectivity index (χ1v) is 6.95. The van der Waals surface area contributed by atoms with Crippen LogP contribution < -0.4 is 15.8 Å². The lowest BCUT2D eigenvalue weighted by atomic mass is 10.0. The van der Waals surface area contributed by atoms with Crippen molar-refractivity contribution in [2.24, 2.45) is 5.73 Å². The summed E-state index contributed by atoms with van der Waals surface area (Å²) in [7, 11) is 1.57. The number of rotatable bonds is 5. The predicted molar refractivity (Wildman–Crippen MR) is 84.7 cm³/mol. The van der Waals surface area contributed by atoms with Crippen LogP contribution in [0.2, 0.25) is 0 Å². The minimum absolute atomic E-state index is 0.133. The smallest absolute Gasteiger partial charge is 0.256 e. The van der Waals surface area contributed by atoms with E-state index >= 15 is 0 Å². The van der Waals surface area contributed by atoms with Gasteiger partial charge in [0.1, 0.15) is 5.75 Å². The topological polar surface area (TPSA) is 64.4 Å². The summed E-state index contributed by atoms with van der Waals surface area (Å²) >= 11 is 0. The molecule has 21 heavy (non-hydrogen) atoms. The molecule has 0 spiro atoms. The minimum Gasteiger partial charge on any atom is -0.495 e. The molecule has 0 saturated carbocycles. The van der Waals surface area contributed by atoms with Gasteiger partial charge < -0.3 is 15.8 Å². The summed E-state index contributed by atoms with van der Waals surface area (Å²) in [6, 6.07) is 13.1. The van der Waals surface area contributed by atoms with Crippen LogP contribution in [0.1, 0.15) is 28.4 Å². The third kappa shape index (κ3) is 3.41. The van der Waals surface area contributed by atoms with Crippen LogP contribution in [0.4, 0.5) is 5.69 Å². The number of aryl methyl sites for hydroxylation is 1. The number of amides is 1. The lowest BCUT2D eigenvalue weighted by molar-refractivity contribution is 0.102. The Balaban J connectivity index is 2.27. The average Bonchev–Trinajstić information content (AvgIpc) is 2.55. The molecule has 110 valence electrons. The number of hydrogen-bond donors (Lipinski definition) is 2. The molecule has 4 nitrogen and oxygen atoms in total. The zero-order valence-electron chi connectivity index (χ0n) is 12.3. The monoisotopic (exact) mass is 284 g/mol. The maximum absolute atomic E-state index is 12.4. The van der Waals surface area contributed by atoms with Gasteiger partial charge in [-0.25, -0.2) is 0 Å². The second kappa shape index (κ2) is 6.90. The summed E-state index contributed by atoms with van der Waals surface area (Å²) < 4.78 is 5.31. The lowest BCUT2D eigenvalue weighted by Crippen LogP contribution is -2.15. The van der Waals surface area contributed by atoms with E-state index in [9.17, 15) is 4.79 Å². The van der Waals surface area contributed by atoms with Crippen molar-refractivity contribution >= 4 is 11.6 Å². The fourth-order valence-corrected chi connectivity index (χ4v) is 2.21. The van der Waals surface area contributed by atoms with E-state index < -0.39 is 0 Å². The highest BCUT2D eigenvalue weighted by molar-refractivity contribution is 6.06. The molecule has 2 aromatic carbocycles. The third-order valence-corrected chi connectivity index (χ3v) is 3.39. The number of hydrogen-bond acceptors (Lipinski definition) is 3. The summed E-state index contributed by atoms with van der Waals surface area (Å²) in [6.45, 7) is 2.46. The standard InChI is InChI=1S/C17H20N2O2/c1-3-13-6-4-5-7-14(13)17(20)19-15-9-8-12(11-18)10-16(15)21-2/h4-10H,3,11,18H2,1-2H3,(H,19,20). The first kappa shape index (κ1) is 15.1. The highest BCUT2D eigenvalue weighted by atomic mass is 16.5. The summed E-state index contributed by atoms with van der Waals surface area (Å²) in [6.07, 6.45) is 0.812. The molecular weight excluding hydrogens is 264 g/mol. The summed E-state index contributed by atoms with van der Waals surface area (Å²) in [5, 5.41) is 2.90. The van der Waals surface area contributed by atoms with Crippen LogP contribution in [0.25, 0.3) is 0 Å². The average molecular weight is 284 g/mol. The van der Waals surface area contributed by atoms with Crippen molar-refractivity contribution in [3.8, 4) is 5.75 Å².